The van der Waals surface area contributed by atoms with Crippen molar-refractivity contribution in [2.75, 3.05) is 0 Å². The summed E-state index contributed by atoms with van der Waals surface area (Å²) in [5.74, 6) is 0.829. The van der Waals surface area contributed by atoms with Crippen molar-refractivity contribution in [3.63, 3.8) is 0 Å². The first-order valence-corrected chi connectivity index (χ1v) is 14.5. The molecule has 0 aliphatic heterocycles. The standard InChI is InChI=1S/C39H25N3O/c1-24-36-34(23-33(40-24)26-12-4-2-5-13-26)42(28-14-6-3-7-15-28)39(41-36)32-18-10-17-30-31-22-21-27-20-19-25-11-8-9-16-29(25)35(27)38(31)43-37(30)32/h2-23H,1H3. The van der Waals surface area contributed by atoms with E-state index in [9.17, 15) is 0 Å². The largest absolute Gasteiger partial charge is 0.455 e. The number of fused-ring (bicyclic) bond motifs is 8. The molecule has 0 aliphatic carbocycles. The van der Waals surface area contributed by atoms with Gasteiger partial charge in [0.1, 0.15) is 22.5 Å². The lowest BCUT2D eigenvalue weighted by Gasteiger charge is -2.11. The van der Waals surface area contributed by atoms with Crippen LogP contribution < -0.4 is 0 Å². The molecule has 0 N–H and O–H groups in total. The Morgan fingerprint density at radius 3 is 2.14 bits per heavy atom. The summed E-state index contributed by atoms with van der Waals surface area (Å²) in [6.45, 7) is 2.04. The molecule has 9 rings (SSSR count). The SMILES string of the molecule is Cc1nc(-c2ccccc2)cc2c1nc(-c1cccc3c1oc1c3ccc3ccc4ccccc4c31)n2-c1ccccc1. The number of imidazole rings is 1. The van der Waals surface area contributed by atoms with E-state index in [-0.39, 0.29) is 0 Å². The maximum absolute atomic E-state index is 6.90. The smallest absolute Gasteiger partial charge is 0.149 e. The molecule has 0 fully saturated rings. The molecule has 4 heteroatoms. The van der Waals surface area contributed by atoms with Gasteiger partial charge < -0.3 is 4.42 Å². The fourth-order valence-corrected chi connectivity index (χ4v) is 6.52. The van der Waals surface area contributed by atoms with Crippen LogP contribution in [0.3, 0.4) is 0 Å². The van der Waals surface area contributed by atoms with Gasteiger partial charge in [0.25, 0.3) is 0 Å². The average molecular weight is 552 g/mol. The first-order valence-electron chi connectivity index (χ1n) is 14.5. The Morgan fingerprint density at radius 1 is 0.581 bits per heavy atom. The average Bonchev–Trinajstić information content (AvgIpc) is 3.65. The zero-order valence-corrected chi connectivity index (χ0v) is 23.5. The van der Waals surface area contributed by atoms with Crippen LogP contribution >= 0.6 is 0 Å². The normalized spacial score (nSPS) is 11.8. The first kappa shape index (κ1) is 23.9. The summed E-state index contributed by atoms with van der Waals surface area (Å²) in [6, 6.07) is 46.5. The second-order valence-electron chi connectivity index (χ2n) is 11.0. The maximum atomic E-state index is 6.90. The van der Waals surface area contributed by atoms with Crippen LogP contribution in [0.4, 0.5) is 0 Å². The Bertz CT molecular complexity index is 2510. The third-order valence-corrected chi connectivity index (χ3v) is 8.51. The highest BCUT2D eigenvalue weighted by Gasteiger charge is 2.22. The second kappa shape index (κ2) is 9.13. The van der Waals surface area contributed by atoms with Gasteiger partial charge in [-0.25, -0.2) is 4.98 Å². The van der Waals surface area contributed by atoms with E-state index in [4.69, 9.17) is 14.4 Å². The summed E-state index contributed by atoms with van der Waals surface area (Å²) < 4.78 is 9.14. The lowest BCUT2D eigenvalue weighted by atomic mass is 9.99. The van der Waals surface area contributed by atoms with Crippen molar-refractivity contribution in [1.29, 1.82) is 0 Å². The zero-order valence-electron chi connectivity index (χ0n) is 23.5. The van der Waals surface area contributed by atoms with Crippen LogP contribution in [0.2, 0.25) is 0 Å². The zero-order chi connectivity index (χ0) is 28.5. The number of aromatic nitrogens is 3. The van der Waals surface area contributed by atoms with Gasteiger partial charge in [-0.2, -0.15) is 0 Å². The number of furan rings is 1. The summed E-state index contributed by atoms with van der Waals surface area (Å²) in [4.78, 5) is 10.2. The van der Waals surface area contributed by atoms with Gasteiger partial charge in [-0.1, -0.05) is 103 Å². The molecule has 6 aromatic carbocycles. The third-order valence-electron chi connectivity index (χ3n) is 8.51. The highest BCUT2D eigenvalue weighted by atomic mass is 16.3. The summed E-state index contributed by atoms with van der Waals surface area (Å²) in [7, 11) is 0. The van der Waals surface area contributed by atoms with Crippen LogP contribution in [-0.2, 0) is 0 Å². The molecule has 9 aromatic rings. The number of nitrogens with zero attached hydrogens (tertiary/aromatic N) is 3. The maximum Gasteiger partial charge on any atom is 0.149 e. The van der Waals surface area contributed by atoms with Crippen molar-refractivity contribution < 1.29 is 4.42 Å². The lowest BCUT2D eigenvalue weighted by Crippen LogP contribution is -1.98. The minimum atomic E-state index is 0.829. The van der Waals surface area contributed by atoms with E-state index in [1.54, 1.807) is 0 Å². The van der Waals surface area contributed by atoms with Crippen molar-refractivity contribution in [2.24, 2.45) is 0 Å². The predicted molar refractivity (Wildman–Crippen MR) is 177 cm³/mol. The molecule has 0 unspecified atom stereocenters. The molecule has 0 aliphatic rings. The topological polar surface area (TPSA) is 43.9 Å². The molecule has 3 aromatic heterocycles. The van der Waals surface area contributed by atoms with E-state index in [1.807, 2.05) is 31.2 Å². The summed E-state index contributed by atoms with van der Waals surface area (Å²) >= 11 is 0. The Balaban J connectivity index is 1.38. The molecule has 202 valence electrons. The highest BCUT2D eigenvalue weighted by molar-refractivity contribution is 6.23. The van der Waals surface area contributed by atoms with Gasteiger partial charge in [0, 0.05) is 27.4 Å². The Morgan fingerprint density at radius 2 is 1.28 bits per heavy atom. The van der Waals surface area contributed by atoms with Crippen molar-refractivity contribution in [2.45, 2.75) is 6.92 Å². The third kappa shape index (κ3) is 3.57. The highest BCUT2D eigenvalue weighted by Crippen LogP contribution is 2.42. The molecule has 4 nitrogen and oxygen atoms in total. The van der Waals surface area contributed by atoms with Crippen molar-refractivity contribution in [3.05, 3.63) is 139 Å². The number of aryl methyl sites for hydroxylation is 1. The molecule has 3 heterocycles. The molecule has 0 saturated carbocycles. The molecule has 0 bridgehead atoms. The van der Waals surface area contributed by atoms with E-state index in [2.05, 4.69) is 114 Å². The van der Waals surface area contributed by atoms with E-state index in [0.717, 1.165) is 72.4 Å². The van der Waals surface area contributed by atoms with Gasteiger partial charge in [0.2, 0.25) is 0 Å². The van der Waals surface area contributed by atoms with Gasteiger partial charge in [-0.3, -0.25) is 9.55 Å². The summed E-state index contributed by atoms with van der Waals surface area (Å²) in [5, 5.41) is 6.88. The Kier molecular flexibility index (Phi) is 5.08. The minimum absolute atomic E-state index is 0.829. The van der Waals surface area contributed by atoms with Crippen LogP contribution in [0.5, 0.6) is 0 Å². The van der Waals surface area contributed by atoms with Gasteiger partial charge in [0.15, 0.2) is 0 Å². The molecular weight excluding hydrogens is 526 g/mol. The molecule has 0 saturated heterocycles. The molecule has 0 spiro atoms. The molecule has 43 heavy (non-hydrogen) atoms. The first-order chi connectivity index (χ1) is 21.2. The Hall–Kier alpha value is -5.74. The van der Waals surface area contributed by atoms with Crippen LogP contribution in [0.25, 0.3) is 82.8 Å². The van der Waals surface area contributed by atoms with Crippen LogP contribution in [0.15, 0.2) is 138 Å². The fourth-order valence-electron chi connectivity index (χ4n) is 6.52. The lowest BCUT2D eigenvalue weighted by molar-refractivity contribution is 0.673. The van der Waals surface area contributed by atoms with Crippen LogP contribution in [0, 0.1) is 6.92 Å². The van der Waals surface area contributed by atoms with Gasteiger partial charge >= 0.3 is 0 Å². The molecule has 0 radical (unpaired) electrons. The summed E-state index contributed by atoms with van der Waals surface area (Å²) in [5.41, 5.74) is 8.50. The fraction of sp³-hybridized carbons (Fsp3) is 0.0256. The Labute approximate surface area is 247 Å². The summed E-state index contributed by atoms with van der Waals surface area (Å²) in [6.07, 6.45) is 0. The van der Waals surface area contributed by atoms with Crippen LogP contribution in [-0.4, -0.2) is 14.5 Å². The molecule has 0 amide bonds. The molecular formula is C39H25N3O. The van der Waals surface area contributed by atoms with E-state index < -0.39 is 0 Å². The van der Waals surface area contributed by atoms with Gasteiger partial charge in [0.05, 0.1) is 22.5 Å². The van der Waals surface area contributed by atoms with Crippen molar-refractivity contribution in [3.8, 4) is 28.3 Å². The van der Waals surface area contributed by atoms with Crippen molar-refractivity contribution in [1.82, 2.24) is 14.5 Å². The van der Waals surface area contributed by atoms with E-state index in [1.165, 1.54) is 16.2 Å². The minimum Gasteiger partial charge on any atom is -0.455 e. The number of hydrogen-bond acceptors (Lipinski definition) is 3. The van der Waals surface area contributed by atoms with E-state index in [0.29, 0.717) is 0 Å². The quantitative estimate of drug-likeness (QED) is 0.205. The number of hydrogen-bond donors (Lipinski definition) is 0. The monoisotopic (exact) mass is 551 g/mol. The number of rotatable bonds is 3. The molecule has 0 atom stereocenters. The number of benzene rings is 6. The predicted octanol–water partition coefficient (Wildman–Crippen LogP) is 10.3. The van der Waals surface area contributed by atoms with Gasteiger partial charge in [-0.05, 0) is 53.4 Å². The van der Waals surface area contributed by atoms with Crippen LogP contribution in [0.1, 0.15) is 5.69 Å². The number of pyridine rings is 1. The van der Waals surface area contributed by atoms with E-state index >= 15 is 0 Å². The number of para-hydroxylation sites is 2. The van der Waals surface area contributed by atoms with Crippen molar-refractivity contribution >= 4 is 54.5 Å². The second-order valence-corrected chi connectivity index (χ2v) is 11.0. The van der Waals surface area contributed by atoms with Gasteiger partial charge in [-0.15, -0.1) is 0 Å².